The van der Waals surface area contributed by atoms with Crippen molar-refractivity contribution in [2.24, 2.45) is 0 Å². The number of esters is 1. The molecule has 30 heavy (non-hydrogen) atoms. The molecule has 0 spiro atoms. The monoisotopic (exact) mass is 426 g/mol. The maximum Gasteiger partial charge on any atom is 0.310 e. The molecule has 5 heteroatoms. The fourth-order valence-electron chi connectivity index (χ4n) is 3.40. The summed E-state index contributed by atoms with van der Waals surface area (Å²) >= 11 is 0. The first-order chi connectivity index (χ1) is 14.3. The van der Waals surface area contributed by atoms with Gasteiger partial charge in [0.15, 0.2) is 0 Å². The Hall–Kier alpha value is -1.36. The Labute approximate surface area is 185 Å². The Morgan fingerprint density at radius 1 is 0.800 bits per heavy atom. The number of aliphatic carboxylic acids is 1. The van der Waals surface area contributed by atoms with Gasteiger partial charge in [-0.15, -0.1) is 0 Å². The summed E-state index contributed by atoms with van der Waals surface area (Å²) in [7, 11) is 5.76. The van der Waals surface area contributed by atoms with Crippen LogP contribution in [0.15, 0.2) is 12.2 Å². The molecule has 0 aromatic rings. The Balaban J connectivity index is 3.63. The van der Waals surface area contributed by atoms with Crippen LogP contribution >= 0.6 is 0 Å². The molecule has 0 saturated heterocycles. The van der Waals surface area contributed by atoms with E-state index in [1.165, 1.54) is 70.6 Å². The van der Waals surface area contributed by atoms with E-state index in [4.69, 9.17) is 9.84 Å². The van der Waals surface area contributed by atoms with Gasteiger partial charge in [-0.1, -0.05) is 70.4 Å². The number of unbranched alkanes of at least 4 members (excludes halogenated alkanes) is 11. The van der Waals surface area contributed by atoms with Gasteiger partial charge in [0.05, 0.1) is 27.6 Å². The van der Waals surface area contributed by atoms with E-state index in [-0.39, 0.29) is 12.4 Å². The van der Waals surface area contributed by atoms with Crippen LogP contribution in [0.2, 0.25) is 0 Å². The third-order valence-corrected chi connectivity index (χ3v) is 5.38. The lowest BCUT2D eigenvalue weighted by atomic mass is 10.1. The molecule has 5 nitrogen and oxygen atoms in total. The first kappa shape index (κ1) is 28.6. The van der Waals surface area contributed by atoms with Gasteiger partial charge in [-0.25, -0.2) is 0 Å². The van der Waals surface area contributed by atoms with Crippen LogP contribution in [0.3, 0.4) is 0 Å². The van der Waals surface area contributed by atoms with E-state index in [0.717, 1.165) is 12.8 Å². The van der Waals surface area contributed by atoms with Crippen LogP contribution in [0.4, 0.5) is 0 Å². The van der Waals surface area contributed by atoms with E-state index in [2.05, 4.69) is 19.1 Å². The van der Waals surface area contributed by atoms with E-state index in [1.54, 1.807) is 0 Å². The van der Waals surface area contributed by atoms with E-state index in [9.17, 15) is 9.59 Å². The number of carbonyl (C=O) groups is 2. The van der Waals surface area contributed by atoms with E-state index in [0.29, 0.717) is 17.3 Å². The van der Waals surface area contributed by atoms with Gasteiger partial charge < -0.3 is 9.84 Å². The Morgan fingerprint density at radius 2 is 1.30 bits per heavy atom. The van der Waals surface area contributed by atoms with Gasteiger partial charge in [-0.05, 0) is 32.1 Å². The summed E-state index contributed by atoms with van der Waals surface area (Å²) in [6.45, 7) is 2.25. The van der Waals surface area contributed by atoms with Crippen molar-refractivity contribution in [3.63, 3.8) is 0 Å². The molecule has 0 amide bonds. The normalized spacial score (nSPS) is 12.9. The zero-order chi connectivity index (χ0) is 22.7. The zero-order valence-electron chi connectivity index (χ0n) is 20.2. The number of allylic oxidation sites excluding steroid dienone is 2. The molecular weight excluding hydrogens is 378 g/mol. The van der Waals surface area contributed by atoms with Gasteiger partial charge in [0.25, 0.3) is 0 Å². The summed E-state index contributed by atoms with van der Waals surface area (Å²) < 4.78 is 5.97. The number of hydrogen-bond donors (Lipinski definition) is 1. The minimum absolute atomic E-state index is 0.0161. The largest absolute Gasteiger partial charge is 0.481 e. The zero-order valence-corrected chi connectivity index (χ0v) is 20.2. The average Bonchev–Trinajstić information content (AvgIpc) is 2.67. The second kappa shape index (κ2) is 18.4. The molecule has 1 N–H and O–H groups in total. The number of carboxylic acid groups (broad SMARTS) is 1. The molecule has 0 rings (SSSR count). The summed E-state index contributed by atoms with van der Waals surface area (Å²) in [4.78, 5) is 22.9. The van der Waals surface area contributed by atoms with Crippen molar-refractivity contribution in [2.45, 2.75) is 116 Å². The lowest BCUT2D eigenvalue weighted by molar-refractivity contribution is -0.917. The van der Waals surface area contributed by atoms with Crippen molar-refractivity contribution in [1.82, 2.24) is 0 Å². The van der Waals surface area contributed by atoms with Crippen molar-refractivity contribution in [3.8, 4) is 0 Å². The SMILES string of the molecule is CCCCCC/C=C/CCCCCCCCCC(=O)O[C@@H](CCC(=O)O)[N+](C)(C)C. The van der Waals surface area contributed by atoms with Crippen molar-refractivity contribution in [1.29, 1.82) is 0 Å². The highest BCUT2D eigenvalue weighted by Gasteiger charge is 2.28. The molecule has 0 bridgehead atoms. The van der Waals surface area contributed by atoms with Gasteiger partial charge in [-0.2, -0.15) is 0 Å². The Bertz CT molecular complexity index is 468. The second-order valence-electron chi connectivity index (χ2n) is 9.33. The quantitative estimate of drug-likeness (QED) is 0.0797. The van der Waals surface area contributed by atoms with E-state index < -0.39 is 12.2 Å². The number of carbonyl (C=O) groups excluding carboxylic acids is 1. The van der Waals surface area contributed by atoms with Crippen LogP contribution in [0.25, 0.3) is 0 Å². The lowest BCUT2D eigenvalue weighted by Crippen LogP contribution is -2.47. The highest BCUT2D eigenvalue weighted by atomic mass is 16.6. The summed E-state index contributed by atoms with van der Waals surface area (Å²) in [5.74, 6) is -1.07. The molecule has 0 heterocycles. The summed E-state index contributed by atoms with van der Waals surface area (Å²) in [5, 5.41) is 8.86. The van der Waals surface area contributed by atoms with Gasteiger partial charge in [0.2, 0.25) is 6.23 Å². The fraction of sp³-hybridized carbons (Fsp3) is 0.840. The highest BCUT2D eigenvalue weighted by Crippen LogP contribution is 2.15. The highest BCUT2D eigenvalue weighted by molar-refractivity contribution is 5.69. The average molecular weight is 427 g/mol. The number of ether oxygens (including phenoxy) is 1. The van der Waals surface area contributed by atoms with Crippen LogP contribution in [0, 0.1) is 0 Å². The minimum atomic E-state index is -0.858. The predicted octanol–water partition coefficient (Wildman–Crippen LogP) is 6.46. The van der Waals surface area contributed by atoms with Crippen LogP contribution in [0.5, 0.6) is 0 Å². The van der Waals surface area contributed by atoms with Crippen molar-refractivity contribution in [3.05, 3.63) is 12.2 Å². The van der Waals surface area contributed by atoms with Gasteiger partial charge >= 0.3 is 11.9 Å². The molecule has 0 unspecified atom stereocenters. The van der Waals surface area contributed by atoms with Crippen molar-refractivity contribution in [2.75, 3.05) is 21.1 Å². The maximum absolute atomic E-state index is 12.1. The van der Waals surface area contributed by atoms with Crippen molar-refractivity contribution < 1.29 is 23.9 Å². The molecule has 0 aromatic heterocycles. The van der Waals surface area contributed by atoms with Gasteiger partial charge in [0, 0.05) is 12.8 Å². The molecule has 0 aliphatic heterocycles. The lowest BCUT2D eigenvalue weighted by Gasteiger charge is -2.32. The van der Waals surface area contributed by atoms with Crippen LogP contribution in [-0.4, -0.2) is 48.9 Å². The van der Waals surface area contributed by atoms with Gasteiger partial charge in [0.1, 0.15) is 0 Å². The fourth-order valence-corrected chi connectivity index (χ4v) is 3.40. The molecular formula is C25H48NO4+. The Morgan fingerprint density at radius 3 is 1.80 bits per heavy atom. The van der Waals surface area contributed by atoms with E-state index in [1.807, 2.05) is 21.1 Å². The number of rotatable bonds is 20. The van der Waals surface area contributed by atoms with Crippen LogP contribution in [0.1, 0.15) is 110 Å². The molecule has 176 valence electrons. The minimum Gasteiger partial charge on any atom is -0.481 e. The summed E-state index contributed by atoms with van der Waals surface area (Å²) in [6, 6.07) is 0. The van der Waals surface area contributed by atoms with E-state index >= 15 is 0 Å². The molecule has 0 aliphatic rings. The standard InChI is InChI=1S/C25H47NO4/c1-5-6-7-8-9-10-11-12-13-14-15-16-17-18-19-20-25(29)30-23(26(2,3)4)21-22-24(27)28/h10-11,23H,5-9,12-22H2,1-4H3/p+1/b11-10+/t23-/m0/s1. The van der Waals surface area contributed by atoms with Crippen LogP contribution in [-0.2, 0) is 14.3 Å². The molecule has 0 aromatic carbocycles. The molecule has 0 aliphatic carbocycles. The molecule has 0 radical (unpaired) electrons. The summed E-state index contributed by atoms with van der Waals surface area (Å²) in [6.07, 6.45) is 21.0. The molecule has 0 saturated carbocycles. The first-order valence-corrected chi connectivity index (χ1v) is 12.1. The number of hydrogen-bond acceptors (Lipinski definition) is 3. The van der Waals surface area contributed by atoms with Crippen LogP contribution < -0.4 is 0 Å². The maximum atomic E-state index is 12.1. The second-order valence-corrected chi connectivity index (χ2v) is 9.33. The first-order valence-electron chi connectivity index (χ1n) is 12.1. The smallest absolute Gasteiger partial charge is 0.310 e. The number of carboxylic acids is 1. The molecule has 0 fully saturated rings. The predicted molar refractivity (Wildman–Crippen MR) is 124 cm³/mol. The van der Waals surface area contributed by atoms with Gasteiger partial charge in [-0.3, -0.25) is 14.1 Å². The molecule has 1 atom stereocenters. The third-order valence-electron chi connectivity index (χ3n) is 5.38. The van der Waals surface area contributed by atoms with Crippen molar-refractivity contribution >= 4 is 11.9 Å². The summed E-state index contributed by atoms with van der Waals surface area (Å²) in [5.41, 5.74) is 0. The number of nitrogens with zero attached hydrogens (tertiary/aromatic N) is 1. The topological polar surface area (TPSA) is 63.6 Å². The Kier molecular flexibility index (Phi) is 17.6. The third kappa shape index (κ3) is 18.7. The number of quaternary nitrogens is 1.